The van der Waals surface area contributed by atoms with Gasteiger partial charge in [-0.15, -0.1) is 0 Å². The number of aliphatic hydroxyl groups is 1. The number of benzene rings is 4. The predicted octanol–water partition coefficient (Wildman–Crippen LogP) is 6.90. The van der Waals surface area contributed by atoms with Crippen LogP contribution in [0, 0.1) is 0 Å². The highest BCUT2D eigenvalue weighted by molar-refractivity contribution is 7.91. The number of carbonyl (C=O) groups excluding carboxylic acids is 1. The minimum absolute atomic E-state index is 0.347. The summed E-state index contributed by atoms with van der Waals surface area (Å²) in [5, 5.41) is 10.6. The number of hydrogen-bond acceptors (Lipinski definition) is 6. The monoisotopic (exact) mass is 646 g/mol. The molecular formula is C32H24Cl2N4O5S. The Bertz CT molecular complexity index is 2020. The average Bonchev–Trinajstić information content (AvgIpc) is 3.55. The van der Waals surface area contributed by atoms with E-state index in [4.69, 9.17) is 32.9 Å². The lowest BCUT2D eigenvalue weighted by atomic mass is 10.0. The van der Waals surface area contributed by atoms with E-state index in [0.29, 0.717) is 44.8 Å². The van der Waals surface area contributed by atoms with Crippen LogP contribution in [0.1, 0.15) is 21.7 Å². The number of aliphatic hydroxyl groups excluding tert-OH is 1. The molecule has 0 amide bonds. The lowest BCUT2D eigenvalue weighted by molar-refractivity contribution is 0.0600. The molecule has 0 aliphatic carbocycles. The fourth-order valence-electron chi connectivity index (χ4n) is 4.90. The number of nitrogens with zero attached hydrogens (tertiary/aromatic N) is 3. The molecule has 9 nitrogen and oxygen atoms in total. The number of esters is 1. The zero-order chi connectivity index (χ0) is 31.0. The molecule has 5 aromatic rings. The van der Waals surface area contributed by atoms with Crippen LogP contribution in [-0.4, -0.2) is 36.2 Å². The third-order valence-corrected chi connectivity index (χ3v) is 8.88. The van der Waals surface area contributed by atoms with Crippen molar-refractivity contribution in [2.45, 2.75) is 6.42 Å². The molecule has 6 rings (SSSR count). The summed E-state index contributed by atoms with van der Waals surface area (Å²) in [5.74, 6) is -0.141. The van der Waals surface area contributed by atoms with Crippen molar-refractivity contribution < 1.29 is 23.1 Å². The van der Waals surface area contributed by atoms with Crippen molar-refractivity contribution in [1.82, 2.24) is 14.3 Å². The second kappa shape index (κ2) is 11.7. The van der Waals surface area contributed by atoms with E-state index in [9.17, 15) is 18.3 Å². The van der Waals surface area contributed by atoms with E-state index in [0.717, 1.165) is 32.9 Å². The summed E-state index contributed by atoms with van der Waals surface area (Å²) in [5.41, 5.74) is 5.73. The number of carbonyl (C=O) groups is 1. The molecule has 0 saturated carbocycles. The normalized spacial score (nSPS) is 13.8. The number of halogens is 2. The zero-order valence-electron chi connectivity index (χ0n) is 23.1. The van der Waals surface area contributed by atoms with E-state index in [1.807, 2.05) is 58.0 Å². The summed E-state index contributed by atoms with van der Waals surface area (Å²) in [6.07, 6.45) is 3.44. The third kappa shape index (κ3) is 5.87. The van der Waals surface area contributed by atoms with Crippen molar-refractivity contribution in [3.63, 3.8) is 0 Å². The molecule has 0 atom stereocenters. The third-order valence-electron chi connectivity index (χ3n) is 7.03. The number of methoxy groups -OCH3 is 1. The molecule has 0 bridgehead atoms. The molecule has 0 saturated heterocycles. The van der Waals surface area contributed by atoms with Gasteiger partial charge < -0.3 is 14.4 Å². The van der Waals surface area contributed by atoms with Crippen molar-refractivity contribution in [1.29, 1.82) is 0 Å². The minimum atomic E-state index is -3.91. The number of aromatic nitrogens is 2. The molecule has 44 heavy (non-hydrogen) atoms. The molecule has 0 radical (unpaired) electrons. The molecule has 222 valence electrons. The Labute approximate surface area is 263 Å². The Morgan fingerprint density at radius 3 is 2.32 bits per heavy atom. The molecule has 1 aliphatic rings. The van der Waals surface area contributed by atoms with Gasteiger partial charge in [-0.25, -0.2) is 18.8 Å². The summed E-state index contributed by atoms with van der Waals surface area (Å²) in [6.45, 7) is 0. The van der Waals surface area contributed by atoms with Crippen molar-refractivity contribution in [3.05, 3.63) is 136 Å². The summed E-state index contributed by atoms with van der Waals surface area (Å²) >= 11 is 12.6. The van der Waals surface area contributed by atoms with Crippen LogP contribution in [0.5, 0.6) is 0 Å². The Kier molecular flexibility index (Phi) is 7.81. The molecule has 1 aliphatic heterocycles. The van der Waals surface area contributed by atoms with E-state index in [1.54, 1.807) is 48.5 Å². The molecule has 4 aromatic carbocycles. The lowest BCUT2D eigenvalue weighted by Crippen LogP contribution is -2.29. The van der Waals surface area contributed by atoms with Gasteiger partial charge in [0, 0.05) is 28.9 Å². The first-order valence-corrected chi connectivity index (χ1v) is 15.5. The van der Waals surface area contributed by atoms with E-state index in [2.05, 4.69) is 0 Å². The Balaban J connectivity index is 1.34. The number of imidazole rings is 1. The van der Waals surface area contributed by atoms with E-state index >= 15 is 0 Å². The highest BCUT2D eigenvalue weighted by Crippen LogP contribution is 2.32. The van der Waals surface area contributed by atoms with Crippen LogP contribution < -0.4 is 9.03 Å². The van der Waals surface area contributed by atoms with Crippen LogP contribution in [0.2, 0.25) is 10.0 Å². The first kappa shape index (κ1) is 29.3. The van der Waals surface area contributed by atoms with Gasteiger partial charge in [-0.1, -0.05) is 59.6 Å². The number of anilines is 1. The zero-order valence-corrected chi connectivity index (χ0v) is 25.4. The van der Waals surface area contributed by atoms with Gasteiger partial charge in [0.05, 0.1) is 35.3 Å². The van der Waals surface area contributed by atoms with Gasteiger partial charge in [-0.05, 0) is 71.3 Å². The van der Waals surface area contributed by atoms with Crippen LogP contribution in [0.3, 0.4) is 0 Å². The van der Waals surface area contributed by atoms with Gasteiger partial charge in [0.2, 0.25) is 5.88 Å². The van der Waals surface area contributed by atoms with Gasteiger partial charge in [-0.2, -0.15) is 8.42 Å². The molecule has 0 spiro atoms. The standard InChI is InChI=1S/C32H24Cl2N4O5S/c1-43-32(40)23-4-2-3-22(16-23)21-7-5-20(6-8-21)15-30-35-29(27-14-9-24(33)17-28(27)34)18-37(30)25-10-12-26(13-11-25)38-19-31(39)36-44(38,41)42/h2-14,16-19,36,39H,15H2,1H3. The van der Waals surface area contributed by atoms with E-state index < -0.39 is 22.1 Å². The molecule has 1 aromatic heterocycles. The summed E-state index contributed by atoms with van der Waals surface area (Å²) in [6, 6.07) is 27.3. The first-order valence-electron chi connectivity index (χ1n) is 13.3. The van der Waals surface area contributed by atoms with Gasteiger partial charge in [0.25, 0.3) is 0 Å². The number of hydrogen-bond donors (Lipinski definition) is 2. The first-order chi connectivity index (χ1) is 21.1. The fourth-order valence-corrected chi connectivity index (χ4v) is 6.46. The van der Waals surface area contributed by atoms with Crippen molar-refractivity contribution in [3.8, 4) is 28.1 Å². The lowest BCUT2D eigenvalue weighted by Gasteiger charge is -2.15. The smallest absolute Gasteiger partial charge is 0.337 e. The van der Waals surface area contributed by atoms with Gasteiger partial charge in [-0.3, -0.25) is 0 Å². The van der Waals surface area contributed by atoms with Gasteiger partial charge >= 0.3 is 16.2 Å². The van der Waals surface area contributed by atoms with E-state index in [1.165, 1.54) is 7.11 Å². The predicted molar refractivity (Wildman–Crippen MR) is 170 cm³/mol. The number of nitrogens with one attached hydrogen (secondary N) is 1. The Morgan fingerprint density at radius 1 is 0.932 bits per heavy atom. The molecule has 0 unspecified atom stereocenters. The van der Waals surface area contributed by atoms with E-state index in [-0.39, 0.29) is 0 Å². The Hall–Kier alpha value is -4.77. The summed E-state index contributed by atoms with van der Waals surface area (Å²) in [4.78, 5) is 16.9. The second-order valence-corrected chi connectivity index (χ2v) is 12.3. The van der Waals surface area contributed by atoms with Crippen molar-refractivity contribution in [2.24, 2.45) is 0 Å². The number of ether oxygens (including phenoxy) is 1. The van der Waals surface area contributed by atoms with Crippen LogP contribution >= 0.6 is 23.2 Å². The van der Waals surface area contributed by atoms with Crippen LogP contribution in [-0.2, 0) is 21.4 Å². The molecule has 2 N–H and O–H groups in total. The average molecular weight is 648 g/mol. The quantitative estimate of drug-likeness (QED) is 0.186. The Morgan fingerprint density at radius 2 is 1.66 bits per heavy atom. The SMILES string of the molecule is COC(=O)c1cccc(-c2ccc(Cc3nc(-c4ccc(Cl)cc4Cl)cn3-c3ccc(N4C=C(O)NS4(=O)=O)cc3)cc2)c1. The van der Waals surface area contributed by atoms with Crippen LogP contribution in [0.4, 0.5) is 5.69 Å². The second-order valence-electron chi connectivity index (χ2n) is 9.92. The van der Waals surface area contributed by atoms with Crippen LogP contribution in [0.25, 0.3) is 28.1 Å². The highest BCUT2D eigenvalue weighted by Gasteiger charge is 2.28. The topological polar surface area (TPSA) is 114 Å². The number of rotatable bonds is 7. The summed E-state index contributed by atoms with van der Waals surface area (Å²) in [7, 11) is -2.56. The molecule has 12 heteroatoms. The minimum Gasteiger partial charge on any atom is -0.493 e. The maximum absolute atomic E-state index is 12.3. The largest absolute Gasteiger partial charge is 0.493 e. The molecular weight excluding hydrogens is 623 g/mol. The van der Waals surface area contributed by atoms with Crippen LogP contribution in [0.15, 0.2) is 109 Å². The summed E-state index contributed by atoms with van der Waals surface area (Å²) < 4.78 is 34.4. The maximum Gasteiger partial charge on any atom is 0.337 e. The highest BCUT2D eigenvalue weighted by atomic mass is 35.5. The van der Waals surface area contributed by atoms with Crippen molar-refractivity contribution >= 4 is 45.1 Å². The van der Waals surface area contributed by atoms with Gasteiger partial charge in [0.15, 0.2) is 0 Å². The van der Waals surface area contributed by atoms with Crippen molar-refractivity contribution in [2.75, 3.05) is 11.4 Å². The molecule has 2 heterocycles. The maximum atomic E-state index is 12.3. The fraction of sp³-hybridized carbons (Fsp3) is 0.0625. The molecule has 0 fully saturated rings. The van der Waals surface area contributed by atoms with Gasteiger partial charge in [0.1, 0.15) is 5.82 Å².